The largest absolute Gasteiger partial charge is 0.489 e. The average molecular weight is 449 g/mol. The highest BCUT2D eigenvalue weighted by Gasteiger charge is 2.41. The van der Waals surface area contributed by atoms with E-state index in [0.29, 0.717) is 33.7 Å². The molecule has 1 aromatic heterocycles. The molecule has 5 nitrogen and oxygen atoms in total. The predicted octanol–water partition coefficient (Wildman–Crippen LogP) is 5.04. The third kappa shape index (κ3) is 4.94. The van der Waals surface area contributed by atoms with Crippen LogP contribution in [0, 0.1) is 0 Å². The summed E-state index contributed by atoms with van der Waals surface area (Å²) in [5.74, 6) is 11.8. The molecule has 0 spiro atoms. The van der Waals surface area contributed by atoms with Crippen molar-refractivity contribution in [3.05, 3.63) is 64.0 Å². The van der Waals surface area contributed by atoms with Gasteiger partial charge in [0.05, 0.1) is 0 Å². The Hall–Kier alpha value is -2.78. The van der Waals surface area contributed by atoms with Gasteiger partial charge in [0, 0.05) is 11.1 Å². The van der Waals surface area contributed by atoms with E-state index in [4.69, 9.17) is 16.4 Å². The van der Waals surface area contributed by atoms with Crippen molar-refractivity contribution in [3.8, 4) is 5.75 Å². The third-order valence-corrected chi connectivity index (χ3v) is 6.57. The van der Waals surface area contributed by atoms with Crippen LogP contribution in [-0.2, 0) is 19.2 Å². The highest BCUT2D eigenvalue weighted by atomic mass is 32.1. The Morgan fingerprint density at radius 1 is 1.13 bits per heavy atom. The van der Waals surface area contributed by atoms with E-state index in [9.17, 15) is 13.2 Å². The van der Waals surface area contributed by atoms with Crippen LogP contribution >= 0.6 is 11.3 Å². The molecule has 4 rings (SSSR count). The Labute approximate surface area is 181 Å². The first-order valence-corrected chi connectivity index (χ1v) is 10.8. The van der Waals surface area contributed by atoms with E-state index in [-0.39, 0.29) is 12.5 Å². The Morgan fingerprint density at radius 3 is 2.45 bits per heavy atom. The fourth-order valence-corrected chi connectivity index (χ4v) is 4.73. The lowest BCUT2D eigenvalue weighted by molar-refractivity contribution is -0.134. The maximum absolute atomic E-state index is 13.5. The topological polar surface area (TPSA) is 85.7 Å². The molecule has 1 aliphatic rings. The van der Waals surface area contributed by atoms with Crippen LogP contribution in [0.3, 0.4) is 0 Å². The first-order chi connectivity index (χ1) is 14.9. The summed E-state index contributed by atoms with van der Waals surface area (Å²) in [6.07, 6.45) is -1.35. The monoisotopic (exact) mass is 448 g/mol. The van der Waals surface area contributed by atoms with Gasteiger partial charge in [0.2, 0.25) is 0 Å². The molecule has 9 heteroatoms. The van der Waals surface area contributed by atoms with Gasteiger partial charge < -0.3 is 16.0 Å². The third-order valence-electron chi connectivity index (χ3n) is 5.34. The van der Waals surface area contributed by atoms with E-state index in [1.165, 1.54) is 0 Å². The molecule has 1 heterocycles. The van der Waals surface area contributed by atoms with Gasteiger partial charge in [-0.15, -0.1) is 11.3 Å². The lowest BCUT2D eigenvalue weighted by Gasteiger charge is -2.09. The number of aryl methyl sites for hydroxylation is 1. The highest BCUT2D eigenvalue weighted by molar-refractivity contribution is 7.19. The van der Waals surface area contributed by atoms with Crippen molar-refractivity contribution in [2.75, 3.05) is 0 Å². The van der Waals surface area contributed by atoms with Gasteiger partial charge in [0.25, 0.3) is 0 Å². The fraction of sp³-hybridized carbons (Fsp3) is 0.318. The number of hydrazine groups is 1. The normalized spacial score (nSPS) is 14.8. The molecule has 0 aliphatic heterocycles. The summed E-state index contributed by atoms with van der Waals surface area (Å²) in [5, 5.41) is 4.26. The molecule has 2 aromatic carbocycles. The van der Waals surface area contributed by atoms with E-state index in [0.717, 1.165) is 41.7 Å². The number of thiophene rings is 1. The van der Waals surface area contributed by atoms with Crippen LogP contribution < -0.4 is 21.8 Å². The molecule has 31 heavy (non-hydrogen) atoms. The molecule has 1 aliphatic carbocycles. The van der Waals surface area contributed by atoms with Gasteiger partial charge in [-0.05, 0) is 71.5 Å². The summed E-state index contributed by atoms with van der Waals surface area (Å²) in [6.45, 7) is 0.289. The quantitative estimate of drug-likeness (QED) is 0.204. The first kappa shape index (κ1) is 21.5. The molecule has 0 radical (unpaired) electrons. The average Bonchev–Trinajstić information content (AvgIpc) is 3.52. The number of alkyl halides is 3. The molecule has 1 saturated carbocycles. The number of nitrogens with one attached hydrogen (secondary N) is 1. The fourth-order valence-electron chi connectivity index (χ4n) is 3.60. The van der Waals surface area contributed by atoms with E-state index < -0.39 is 11.1 Å². The Morgan fingerprint density at radius 2 is 1.84 bits per heavy atom. The number of fused-ring (bicyclic) bond motifs is 1. The van der Waals surface area contributed by atoms with Gasteiger partial charge in [-0.3, -0.25) is 0 Å². The van der Waals surface area contributed by atoms with E-state index in [1.54, 1.807) is 6.07 Å². The number of halogens is 3. The molecule has 3 aromatic rings. The summed E-state index contributed by atoms with van der Waals surface area (Å²) in [6, 6.07) is 13.1. The molecular formula is C22H23F3N4OS. The Kier molecular flexibility index (Phi) is 6.06. The smallest absolute Gasteiger partial charge is 0.425 e. The van der Waals surface area contributed by atoms with Crippen molar-refractivity contribution < 1.29 is 17.9 Å². The summed E-state index contributed by atoms with van der Waals surface area (Å²) in [7, 11) is 0. The second-order valence-electron chi connectivity index (χ2n) is 7.60. The van der Waals surface area contributed by atoms with Crippen molar-refractivity contribution in [2.45, 2.75) is 44.4 Å². The van der Waals surface area contributed by atoms with E-state index >= 15 is 0 Å². The molecule has 164 valence electrons. The van der Waals surface area contributed by atoms with E-state index in [1.807, 2.05) is 36.4 Å². The molecule has 0 atom stereocenters. The number of amidine groups is 1. The van der Waals surface area contributed by atoms with Crippen molar-refractivity contribution in [1.82, 2.24) is 5.43 Å². The highest BCUT2D eigenvalue weighted by Crippen LogP contribution is 2.52. The molecule has 0 unspecified atom stereocenters. The van der Waals surface area contributed by atoms with Gasteiger partial charge in [-0.25, -0.2) is 5.84 Å². The van der Waals surface area contributed by atoms with Crippen LogP contribution in [-0.4, -0.2) is 5.84 Å². The number of nitrogens with two attached hydrogens (primary N) is 2. The van der Waals surface area contributed by atoms with Crippen molar-refractivity contribution in [1.29, 1.82) is 0 Å². The van der Waals surface area contributed by atoms with Crippen molar-refractivity contribution in [3.63, 3.8) is 0 Å². The lowest BCUT2D eigenvalue weighted by atomic mass is 10.0. The van der Waals surface area contributed by atoms with Gasteiger partial charge in [0.15, 0.2) is 0 Å². The summed E-state index contributed by atoms with van der Waals surface area (Å²) in [5.41, 5.74) is 4.84. The number of benzene rings is 2. The minimum Gasteiger partial charge on any atom is -0.489 e. The predicted molar refractivity (Wildman–Crippen MR) is 117 cm³/mol. The van der Waals surface area contributed by atoms with Crippen LogP contribution in [0.2, 0.25) is 0 Å². The van der Waals surface area contributed by atoms with Crippen LogP contribution in [0.5, 0.6) is 5.75 Å². The van der Waals surface area contributed by atoms with Gasteiger partial charge in [-0.1, -0.05) is 18.2 Å². The van der Waals surface area contributed by atoms with Gasteiger partial charge >= 0.3 is 6.18 Å². The summed E-state index contributed by atoms with van der Waals surface area (Å²) in [4.78, 5) is -0.452. The molecule has 0 saturated heterocycles. The molecule has 1 fully saturated rings. The number of rotatable bonds is 7. The molecule has 0 bridgehead atoms. The molecule has 0 amide bonds. The van der Waals surface area contributed by atoms with Gasteiger partial charge in [-0.2, -0.15) is 18.3 Å². The second-order valence-corrected chi connectivity index (χ2v) is 8.65. The van der Waals surface area contributed by atoms with Gasteiger partial charge in [0.1, 0.15) is 23.1 Å². The zero-order chi connectivity index (χ0) is 22.0. The van der Waals surface area contributed by atoms with Crippen LogP contribution in [0.1, 0.15) is 46.7 Å². The Bertz CT molecular complexity index is 1090. The van der Waals surface area contributed by atoms with Crippen LogP contribution in [0.15, 0.2) is 47.6 Å². The van der Waals surface area contributed by atoms with E-state index in [2.05, 4.69) is 10.5 Å². The standard InChI is InChI=1S/C22H23F3N4OS/c23-22(24,25)21-20(15-5-6-15)17-11-14(3-9-18(17)31-21)12-30-16-7-1-13(2-8-16)4-10-19(28-26)29-27/h1-3,7-9,11,15H,4-6,10,12,26-27H2,(H,28,29). The zero-order valence-corrected chi connectivity index (χ0v) is 17.5. The lowest BCUT2D eigenvalue weighted by Crippen LogP contribution is -2.31. The van der Waals surface area contributed by atoms with Crippen LogP contribution in [0.4, 0.5) is 13.2 Å². The maximum atomic E-state index is 13.5. The minimum atomic E-state index is -4.31. The number of ether oxygens (including phenoxy) is 1. The minimum absolute atomic E-state index is 0.0217. The second kappa shape index (κ2) is 8.76. The summed E-state index contributed by atoms with van der Waals surface area (Å²) >= 11 is 0.839. The number of hydrogen-bond donors (Lipinski definition) is 3. The van der Waals surface area contributed by atoms with Crippen molar-refractivity contribution >= 4 is 27.3 Å². The summed E-state index contributed by atoms with van der Waals surface area (Å²) < 4.78 is 47.0. The Balaban J connectivity index is 1.45. The first-order valence-electron chi connectivity index (χ1n) is 9.96. The van der Waals surface area contributed by atoms with Crippen molar-refractivity contribution in [2.24, 2.45) is 16.8 Å². The maximum Gasteiger partial charge on any atom is 0.425 e. The zero-order valence-electron chi connectivity index (χ0n) is 16.7. The van der Waals surface area contributed by atoms with Crippen LogP contribution in [0.25, 0.3) is 10.1 Å². The molecular weight excluding hydrogens is 425 g/mol. The number of nitrogens with zero attached hydrogens (tertiary/aromatic N) is 1. The number of hydrazone groups is 1. The SMILES string of the molecule is N/N=C(/CCc1ccc(OCc2ccc3sc(C(F)(F)F)c(C4CC4)c3c2)cc1)NN. The molecule has 5 N–H and O–H groups in total. The number of hydrogen-bond acceptors (Lipinski definition) is 5.